The van der Waals surface area contributed by atoms with E-state index in [1.807, 2.05) is 30.3 Å². The van der Waals surface area contributed by atoms with Crippen molar-refractivity contribution in [2.75, 3.05) is 20.2 Å². The lowest BCUT2D eigenvalue weighted by molar-refractivity contribution is -0.148. The highest BCUT2D eigenvalue weighted by atomic mass is 16.5. The molecular weight excluding hydrogens is 320 g/mol. The second-order valence-corrected chi connectivity index (χ2v) is 6.32. The van der Waals surface area contributed by atoms with Gasteiger partial charge in [0.1, 0.15) is 0 Å². The van der Waals surface area contributed by atoms with Crippen LogP contribution in [0.15, 0.2) is 36.5 Å². The number of para-hydroxylation sites is 1. The summed E-state index contributed by atoms with van der Waals surface area (Å²) in [5, 5.41) is 1.01. The molecule has 0 radical (unpaired) electrons. The minimum Gasteiger partial charge on any atom is -0.469 e. The maximum Gasteiger partial charge on any atom is 0.308 e. The molecule has 0 bridgehead atoms. The molecule has 2 heterocycles. The lowest BCUT2D eigenvalue weighted by Crippen LogP contribution is -2.40. The molecule has 1 aliphatic heterocycles. The van der Waals surface area contributed by atoms with Crippen molar-refractivity contribution in [2.24, 2.45) is 5.92 Å². The monoisotopic (exact) mass is 342 g/mol. The summed E-state index contributed by atoms with van der Waals surface area (Å²) in [6, 6.07) is 9.57. The lowest BCUT2D eigenvalue weighted by atomic mass is 9.97. The van der Waals surface area contributed by atoms with Crippen molar-refractivity contribution >= 4 is 28.7 Å². The highest BCUT2D eigenvalue weighted by molar-refractivity contribution is 5.94. The van der Waals surface area contributed by atoms with Crippen LogP contribution in [0, 0.1) is 5.92 Å². The van der Waals surface area contributed by atoms with Crippen molar-refractivity contribution in [3.05, 3.63) is 36.5 Å². The second-order valence-electron chi connectivity index (χ2n) is 6.32. The normalized spacial score (nSPS) is 15.3. The number of hydrogen-bond donors (Lipinski definition) is 0. The van der Waals surface area contributed by atoms with Crippen molar-refractivity contribution in [3.63, 3.8) is 0 Å². The number of esters is 1. The molecule has 1 amide bonds. The molecule has 0 saturated carbocycles. The van der Waals surface area contributed by atoms with Gasteiger partial charge in [0.15, 0.2) is 0 Å². The maximum atomic E-state index is 12.4. The number of carbonyl (C=O) groups is 3. The lowest BCUT2D eigenvalue weighted by Gasteiger charge is -2.30. The summed E-state index contributed by atoms with van der Waals surface area (Å²) in [6.45, 7) is 1.08. The van der Waals surface area contributed by atoms with Gasteiger partial charge < -0.3 is 9.64 Å². The topological polar surface area (TPSA) is 68.6 Å². The fraction of sp³-hybridized carbons (Fsp3) is 0.421. The molecule has 25 heavy (non-hydrogen) atoms. The third-order valence-electron chi connectivity index (χ3n) is 4.80. The van der Waals surface area contributed by atoms with Crippen LogP contribution in [0.4, 0.5) is 0 Å². The molecule has 0 unspecified atom stereocenters. The number of piperidine rings is 1. The third-order valence-corrected chi connectivity index (χ3v) is 4.80. The number of carbonyl (C=O) groups excluding carboxylic acids is 3. The zero-order valence-corrected chi connectivity index (χ0v) is 14.3. The number of hydrogen-bond acceptors (Lipinski definition) is 4. The number of amides is 1. The van der Waals surface area contributed by atoms with E-state index >= 15 is 0 Å². The zero-order valence-electron chi connectivity index (χ0n) is 14.3. The van der Waals surface area contributed by atoms with Crippen molar-refractivity contribution in [1.29, 1.82) is 0 Å². The summed E-state index contributed by atoms with van der Waals surface area (Å²) in [5.41, 5.74) is 0.860. The summed E-state index contributed by atoms with van der Waals surface area (Å²) >= 11 is 0. The summed E-state index contributed by atoms with van der Waals surface area (Å²) in [5.74, 6) is -0.448. The SMILES string of the molecule is COC(=O)C1CCN(C(=O)CCC(=O)n2ccc3ccccc32)CC1. The first-order valence-electron chi connectivity index (χ1n) is 8.55. The second kappa shape index (κ2) is 7.51. The van der Waals surface area contributed by atoms with E-state index in [4.69, 9.17) is 4.74 Å². The summed E-state index contributed by atoms with van der Waals surface area (Å²) < 4.78 is 6.35. The number of methoxy groups -OCH3 is 1. The quantitative estimate of drug-likeness (QED) is 0.801. The van der Waals surface area contributed by atoms with E-state index in [1.165, 1.54) is 7.11 Å². The molecule has 0 spiro atoms. The number of nitrogens with zero attached hydrogens (tertiary/aromatic N) is 2. The Hall–Kier alpha value is -2.63. The van der Waals surface area contributed by atoms with Crippen molar-refractivity contribution in [1.82, 2.24) is 9.47 Å². The van der Waals surface area contributed by atoms with E-state index in [1.54, 1.807) is 15.7 Å². The van der Waals surface area contributed by atoms with Crippen LogP contribution in [-0.2, 0) is 14.3 Å². The van der Waals surface area contributed by atoms with E-state index in [0.29, 0.717) is 25.9 Å². The van der Waals surface area contributed by atoms with Crippen LogP contribution >= 0.6 is 0 Å². The summed E-state index contributed by atoms with van der Waals surface area (Å²) in [4.78, 5) is 38.0. The highest BCUT2D eigenvalue weighted by Gasteiger charge is 2.27. The molecule has 1 aromatic heterocycles. The fourth-order valence-corrected chi connectivity index (χ4v) is 3.32. The van der Waals surface area contributed by atoms with Gasteiger partial charge in [-0.3, -0.25) is 19.0 Å². The first-order chi connectivity index (χ1) is 12.1. The van der Waals surface area contributed by atoms with Gasteiger partial charge in [0.05, 0.1) is 18.5 Å². The Morgan fingerprint density at radius 1 is 1.04 bits per heavy atom. The van der Waals surface area contributed by atoms with Gasteiger partial charge in [0, 0.05) is 37.5 Å². The maximum absolute atomic E-state index is 12.4. The van der Waals surface area contributed by atoms with Gasteiger partial charge in [-0.1, -0.05) is 18.2 Å². The predicted octanol–water partition coefficient (Wildman–Crippen LogP) is 2.47. The highest BCUT2D eigenvalue weighted by Crippen LogP contribution is 2.20. The Morgan fingerprint density at radius 2 is 1.72 bits per heavy atom. The van der Waals surface area contributed by atoms with Crippen LogP contribution in [0.1, 0.15) is 30.5 Å². The van der Waals surface area contributed by atoms with Crippen LogP contribution < -0.4 is 0 Å². The zero-order chi connectivity index (χ0) is 17.8. The molecule has 0 atom stereocenters. The molecule has 3 rings (SSSR count). The number of likely N-dealkylation sites (tertiary alicyclic amines) is 1. The van der Waals surface area contributed by atoms with Crippen molar-refractivity contribution < 1.29 is 19.1 Å². The smallest absolute Gasteiger partial charge is 0.308 e. The number of aromatic nitrogens is 1. The molecule has 0 N–H and O–H groups in total. The minimum atomic E-state index is -0.207. The van der Waals surface area contributed by atoms with Crippen LogP contribution in [0.3, 0.4) is 0 Å². The molecule has 1 aromatic carbocycles. The molecule has 0 aliphatic carbocycles. The van der Waals surface area contributed by atoms with Gasteiger partial charge in [0.25, 0.3) is 0 Å². The molecular formula is C19H22N2O4. The van der Waals surface area contributed by atoms with Gasteiger partial charge in [-0.15, -0.1) is 0 Å². The molecule has 1 aliphatic rings. The molecule has 6 nitrogen and oxygen atoms in total. The molecule has 6 heteroatoms. The summed E-state index contributed by atoms with van der Waals surface area (Å²) in [6.07, 6.45) is 3.35. The minimum absolute atomic E-state index is 0.0341. The average Bonchev–Trinajstić information content (AvgIpc) is 3.09. The molecule has 1 fully saturated rings. The first kappa shape index (κ1) is 17.2. The van der Waals surface area contributed by atoms with Gasteiger partial charge in [-0.05, 0) is 25.0 Å². The van der Waals surface area contributed by atoms with Crippen LogP contribution in [0.5, 0.6) is 0 Å². The predicted molar refractivity (Wildman–Crippen MR) is 93.1 cm³/mol. The van der Waals surface area contributed by atoms with Gasteiger partial charge >= 0.3 is 5.97 Å². The van der Waals surface area contributed by atoms with E-state index in [9.17, 15) is 14.4 Å². The Morgan fingerprint density at radius 3 is 2.44 bits per heavy atom. The standard InChI is InChI=1S/C19H22N2O4/c1-25-19(24)15-8-11-20(12-9-15)17(22)6-7-18(23)21-13-10-14-4-2-3-5-16(14)21/h2-5,10,13,15H,6-9,11-12H2,1H3. The summed E-state index contributed by atoms with van der Waals surface area (Å²) in [7, 11) is 1.39. The van der Waals surface area contributed by atoms with Gasteiger partial charge in [0.2, 0.25) is 11.8 Å². The van der Waals surface area contributed by atoms with Crippen LogP contribution in [0.2, 0.25) is 0 Å². The Bertz CT molecular complexity index is 788. The van der Waals surface area contributed by atoms with E-state index < -0.39 is 0 Å². The molecule has 1 saturated heterocycles. The Labute approximate surface area is 146 Å². The third kappa shape index (κ3) is 3.73. The number of benzene rings is 1. The number of rotatable bonds is 4. The van der Waals surface area contributed by atoms with Crippen molar-refractivity contribution in [3.8, 4) is 0 Å². The van der Waals surface area contributed by atoms with Gasteiger partial charge in [-0.2, -0.15) is 0 Å². The molecule has 2 aromatic rings. The number of fused-ring (bicyclic) bond motifs is 1. The Balaban J connectivity index is 1.53. The van der Waals surface area contributed by atoms with Crippen LogP contribution in [-0.4, -0.2) is 47.4 Å². The fourth-order valence-electron chi connectivity index (χ4n) is 3.32. The first-order valence-corrected chi connectivity index (χ1v) is 8.55. The average molecular weight is 342 g/mol. The number of ether oxygens (including phenoxy) is 1. The van der Waals surface area contributed by atoms with Crippen molar-refractivity contribution in [2.45, 2.75) is 25.7 Å². The Kier molecular flexibility index (Phi) is 5.16. The van der Waals surface area contributed by atoms with E-state index in [-0.39, 0.29) is 36.5 Å². The van der Waals surface area contributed by atoms with E-state index in [0.717, 1.165) is 10.9 Å². The molecule has 132 valence electrons. The largest absolute Gasteiger partial charge is 0.469 e. The van der Waals surface area contributed by atoms with E-state index in [2.05, 4.69) is 0 Å². The van der Waals surface area contributed by atoms with Gasteiger partial charge in [-0.25, -0.2) is 0 Å². The van der Waals surface area contributed by atoms with Crippen LogP contribution in [0.25, 0.3) is 10.9 Å².